The molecule has 1 amide bonds. The van der Waals surface area contributed by atoms with Gasteiger partial charge >= 0.3 is 0 Å². The number of fused-ring (bicyclic) bond motifs is 1. The van der Waals surface area contributed by atoms with Crippen LogP contribution < -0.4 is 0 Å². The van der Waals surface area contributed by atoms with E-state index in [9.17, 15) is 4.79 Å². The summed E-state index contributed by atoms with van der Waals surface area (Å²) in [7, 11) is 0. The molecule has 0 aromatic carbocycles. The summed E-state index contributed by atoms with van der Waals surface area (Å²) in [6.07, 6.45) is 9.38. The summed E-state index contributed by atoms with van der Waals surface area (Å²) in [6, 6.07) is 0.224. The second-order valence-corrected chi connectivity index (χ2v) is 4.85. The second-order valence-electron chi connectivity index (χ2n) is 4.85. The average molecular weight is 247 g/mol. The molecule has 5 nitrogen and oxygen atoms in total. The molecular formula is C13H17N3O2. The van der Waals surface area contributed by atoms with Gasteiger partial charge in [-0.05, 0) is 12.8 Å². The van der Waals surface area contributed by atoms with E-state index in [-0.39, 0.29) is 18.1 Å². The van der Waals surface area contributed by atoms with Gasteiger partial charge in [0.1, 0.15) is 5.69 Å². The molecule has 1 aromatic heterocycles. The normalized spacial score (nSPS) is 27.7. The fourth-order valence-electron chi connectivity index (χ4n) is 2.91. The van der Waals surface area contributed by atoms with E-state index in [4.69, 9.17) is 4.74 Å². The fraction of sp³-hybridized carbons (Fsp3) is 0.615. The third kappa shape index (κ3) is 2.10. The van der Waals surface area contributed by atoms with Crippen LogP contribution in [0.25, 0.3) is 0 Å². The van der Waals surface area contributed by atoms with E-state index in [0.717, 1.165) is 12.8 Å². The number of hydrogen-bond acceptors (Lipinski definition) is 4. The van der Waals surface area contributed by atoms with Crippen LogP contribution in [0.5, 0.6) is 0 Å². The van der Waals surface area contributed by atoms with Crippen LogP contribution in [0.3, 0.4) is 0 Å². The van der Waals surface area contributed by atoms with Gasteiger partial charge in [-0.3, -0.25) is 9.78 Å². The molecule has 0 N–H and O–H groups in total. The van der Waals surface area contributed by atoms with Crippen molar-refractivity contribution in [1.82, 2.24) is 14.9 Å². The summed E-state index contributed by atoms with van der Waals surface area (Å²) < 4.78 is 5.77. The van der Waals surface area contributed by atoms with Crippen LogP contribution in [0.4, 0.5) is 0 Å². The van der Waals surface area contributed by atoms with Gasteiger partial charge in [0.2, 0.25) is 0 Å². The summed E-state index contributed by atoms with van der Waals surface area (Å²) in [6.45, 7) is 1.30. The third-order valence-electron chi connectivity index (χ3n) is 3.78. The fourth-order valence-corrected chi connectivity index (χ4v) is 2.91. The van der Waals surface area contributed by atoms with E-state index < -0.39 is 0 Å². The minimum Gasteiger partial charge on any atom is -0.374 e. The van der Waals surface area contributed by atoms with Crippen molar-refractivity contribution in [3.63, 3.8) is 0 Å². The largest absolute Gasteiger partial charge is 0.374 e. The van der Waals surface area contributed by atoms with Crippen LogP contribution in [0, 0.1) is 0 Å². The van der Waals surface area contributed by atoms with Crippen molar-refractivity contribution in [2.45, 2.75) is 37.8 Å². The first-order valence-electron chi connectivity index (χ1n) is 6.55. The molecular weight excluding hydrogens is 230 g/mol. The molecule has 1 saturated carbocycles. The maximum Gasteiger partial charge on any atom is 0.274 e. The monoisotopic (exact) mass is 247 g/mol. The number of carbonyl (C=O) groups is 1. The Balaban J connectivity index is 1.80. The minimum absolute atomic E-state index is 0.0108. The number of carbonyl (C=O) groups excluding carboxylic acids is 1. The Kier molecular flexibility index (Phi) is 3.23. The van der Waals surface area contributed by atoms with Gasteiger partial charge in [-0.1, -0.05) is 12.8 Å². The SMILES string of the molecule is O=C(c1cnccn1)N1CCO[C@@H]2CCCC[C@H]21. The first-order valence-corrected chi connectivity index (χ1v) is 6.55. The Hall–Kier alpha value is -1.49. The Morgan fingerprint density at radius 1 is 1.33 bits per heavy atom. The number of morpholine rings is 1. The standard InChI is InChI=1S/C13H17N3O2/c17-13(10-9-14-5-6-15-10)16-7-8-18-12-4-2-1-3-11(12)16/h5-6,9,11-12H,1-4,7-8H2/t11-,12-/m1/s1. The lowest BCUT2D eigenvalue weighted by molar-refractivity contribution is -0.0754. The van der Waals surface area contributed by atoms with Crippen molar-refractivity contribution >= 4 is 5.91 Å². The molecule has 0 spiro atoms. The summed E-state index contributed by atoms with van der Waals surface area (Å²) in [5, 5.41) is 0. The molecule has 2 fully saturated rings. The van der Waals surface area contributed by atoms with Gasteiger partial charge in [-0.25, -0.2) is 4.98 Å². The molecule has 2 aliphatic rings. The predicted molar refractivity (Wildman–Crippen MR) is 65.1 cm³/mol. The van der Waals surface area contributed by atoms with Crippen LogP contribution in [0.15, 0.2) is 18.6 Å². The molecule has 1 aliphatic carbocycles. The van der Waals surface area contributed by atoms with Crippen molar-refractivity contribution in [1.29, 1.82) is 0 Å². The summed E-state index contributed by atoms with van der Waals surface area (Å²) in [4.78, 5) is 22.4. The van der Waals surface area contributed by atoms with Gasteiger partial charge in [0, 0.05) is 18.9 Å². The Morgan fingerprint density at radius 2 is 2.22 bits per heavy atom. The van der Waals surface area contributed by atoms with Gasteiger partial charge in [0.05, 0.1) is 24.9 Å². The highest BCUT2D eigenvalue weighted by Crippen LogP contribution is 2.29. The zero-order valence-electron chi connectivity index (χ0n) is 10.3. The lowest BCUT2D eigenvalue weighted by Crippen LogP contribution is -2.55. The number of ether oxygens (including phenoxy) is 1. The molecule has 0 radical (unpaired) electrons. The van der Waals surface area contributed by atoms with Crippen molar-refractivity contribution in [3.05, 3.63) is 24.3 Å². The van der Waals surface area contributed by atoms with E-state index in [1.807, 2.05) is 4.90 Å². The van der Waals surface area contributed by atoms with E-state index in [2.05, 4.69) is 9.97 Å². The minimum atomic E-state index is -0.0108. The van der Waals surface area contributed by atoms with Crippen LogP contribution in [-0.4, -0.2) is 46.1 Å². The first-order chi connectivity index (χ1) is 8.86. The molecule has 0 unspecified atom stereocenters. The first kappa shape index (κ1) is 11.6. The molecule has 5 heteroatoms. The molecule has 2 atom stereocenters. The maximum absolute atomic E-state index is 12.4. The van der Waals surface area contributed by atoms with Crippen molar-refractivity contribution in [2.75, 3.05) is 13.2 Å². The highest BCUT2D eigenvalue weighted by Gasteiger charge is 2.37. The molecule has 96 valence electrons. The van der Waals surface area contributed by atoms with Crippen molar-refractivity contribution < 1.29 is 9.53 Å². The van der Waals surface area contributed by atoms with Gasteiger partial charge in [0.25, 0.3) is 5.91 Å². The highest BCUT2D eigenvalue weighted by molar-refractivity contribution is 5.92. The Bertz CT molecular complexity index is 422. The van der Waals surface area contributed by atoms with Gasteiger partial charge in [-0.15, -0.1) is 0 Å². The second kappa shape index (κ2) is 5.02. The van der Waals surface area contributed by atoms with Gasteiger partial charge in [0.15, 0.2) is 0 Å². The molecule has 0 bridgehead atoms. The topological polar surface area (TPSA) is 55.3 Å². The van der Waals surface area contributed by atoms with E-state index >= 15 is 0 Å². The average Bonchev–Trinajstić information content (AvgIpc) is 2.47. The molecule has 1 aromatic rings. The third-order valence-corrected chi connectivity index (χ3v) is 3.78. The number of rotatable bonds is 1. The van der Waals surface area contributed by atoms with Crippen LogP contribution in [0.2, 0.25) is 0 Å². The highest BCUT2D eigenvalue weighted by atomic mass is 16.5. The quantitative estimate of drug-likeness (QED) is 0.749. The van der Waals surface area contributed by atoms with E-state index in [1.165, 1.54) is 19.0 Å². The van der Waals surface area contributed by atoms with E-state index in [0.29, 0.717) is 18.8 Å². The lowest BCUT2D eigenvalue weighted by atomic mass is 9.90. The Labute approximate surface area is 106 Å². The molecule has 1 aliphatic heterocycles. The van der Waals surface area contributed by atoms with Crippen LogP contribution in [-0.2, 0) is 4.74 Å². The Morgan fingerprint density at radius 3 is 3.06 bits per heavy atom. The molecule has 18 heavy (non-hydrogen) atoms. The van der Waals surface area contributed by atoms with Gasteiger partial charge in [-0.2, -0.15) is 0 Å². The smallest absolute Gasteiger partial charge is 0.274 e. The maximum atomic E-state index is 12.4. The number of hydrogen-bond donors (Lipinski definition) is 0. The summed E-state index contributed by atoms with van der Waals surface area (Å²) in [5.74, 6) is -0.0108. The molecule has 1 saturated heterocycles. The zero-order valence-corrected chi connectivity index (χ0v) is 10.3. The van der Waals surface area contributed by atoms with Crippen LogP contribution >= 0.6 is 0 Å². The van der Waals surface area contributed by atoms with Crippen molar-refractivity contribution in [3.8, 4) is 0 Å². The van der Waals surface area contributed by atoms with Gasteiger partial charge < -0.3 is 9.64 Å². The van der Waals surface area contributed by atoms with Crippen molar-refractivity contribution in [2.24, 2.45) is 0 Å². The molecule has 3 rings (SSSR count). The number of amides is 1. The number of aromatic nitrogens is 2. The van der Waals surface area contributed by atoms with E-state index in [1.54, 1.807) is 12.4 Å². The summed E-state index contributed by atoms with van der Waals surface area (Å²) >= 11 is 0. The lowest BCUT2D eigenvalue weighted by Gasteiger charge is -2.43. The van der Waals surface area contributed by atoms with Crippen LogP contribution in [0.1, 0.15) is 36.2 Å². The summed E-state index contributed by atoms with van der Waals surface area (Å²) in [5.41, 5.74) is 0.434. The predicted octanol–water partition coefficient (Wildman–Crippen LogP) is 1.26. The zero-order chi connectivity index (χ0) is 12.4. The molecule has 2 heterocycles. The number of nitrogens with zero attached hydrogens (tertiary/aromatic N) is 3.